The molecule has 0 radical (unpaired) electrons. The highest BCUT2D eigenvalue weighted by Crippen LogP contribution is 2.30. The zero-order valence-corrected chi connectivity index (χ0v) is 13.9. The molecule has 0 spiro atoms. The van der Waals surface area contributed by atoms with Gasteiger partial charge in [-0.1, -0.05) is 36.4 Å². The van der Waals surface area contributed by atoms with Crippen molar-refractivity contribution >= 4 is 29.2 Å². The number of halogens is 1. The number of hydrogen-bond donors (Lipinski definition) is 1. The van der Waals surface area contributed by atoms with Crippen LogP contribution in [0.3, 0.4) is 0 Å². The Morgan fingerprint density at radius 3 is 2.81 bits per heavy atom. The van der Waals surface area contributed by atoms with Crippen LogP contribution in [0, 0.1) is 6.92 Å². The Labute approximate surface area is 134 Å². The minimum Gasteiger partial charge on any atom is -0.437 e. The maximum absolute atomic E-state index is 6.15. The van der Waals surface area contributed by atoms with E-state index in [9.17, 15) is 0 Å². The molecule has 0 saturated heterocycles. The van der Waals surface area contributed by atoms with Gasteiger partial charge >= 0.3 is 0 Å². The number of benzene rings is 1. The van der Waals surface area contributed by atoms with Crippen LogP contribution in [0.4, 0.5) is 5.82 Å². The molecule has 1 heterocycles. The number of anilines is 1. The predicted molar refractivity (Wildman–Crippen MR) is 88.9 cm³/mol. The first kappa shape index (κ1) is 15.9. The van der Waals surface area contributed by atoms with E-state index in [0.717, 1.165) is 24.3 Å². The van der Waals surface area contributed by atoms with Gasteiger partial charge in [-0.3, -0.25) is 0 Å². The molecule has 0 fully saturated rings. The lowest BCUT2D eigenvalue weighted by atomic mass is 10.2. The van der Waals surface area contributed by atoms with Crippen molar-refractivity contribution in [1.82, 2.24) is 9.97 Å². The molecule has 0 bridgehead atoms. The van der Waals surface area contributed by atoms with Crippen LogP contribution in [0.15, 0.2) is 29.4 Å². The van der Waals surface area contributed by atoms with Crippen molar-refractivity contribution < 1.29 is 4.74 Å². The number of aromatic nitrogens is 2. The van der Waals surface area contributed by atoms with E-state index in [1.807, 2.05) is 31.4 Å². The molecule has 0 aliphatic rings. The summed E-state index contributed by atoms with van der Waals surface area (Å²) >= 11 is 7.63. The highest BCUT2D eigenvalue weighted by Gasteiger charge is 2.08. The molecule has 2 aromatic rings. The number of thioether (sulfide) groups is 1. The maximum Gasteiger partial charge on any atom is 0.225 e. The standard InChI is InChI=1S/C15H18ClN3OS/c1-4-7-17-13-9-14(19-15(18-13)21-3)20-12-8-10(2)5-6-11(12)16/h5-6,8-9H,4,7H2,1-3H3,(H,17,18,19). The molecule has 0 atom stereocenters. The molecule has 0 saturated carbocycles. The number of nitrogens with zero attached hydrogens (tertiary/aromatic N) is 2. The van der Waals surface area contributed by atoms with Gasteiger partial charge < -0.3 is 10.1 Å². The summed E-state index contributed by atoms with van der Waals surface area (Å²) < 4.78 is 5.82. The van der Waals surface area contributed by atoms with Crippen molar-refractivity contribution in [2.24, 2.45) is 0 Å². The van der Waals surface area contributed by atoms with Crippen LogP contribution in [0.25, 0.3) is 0 Å². The summed E-state index contributed by atoms with van der Waals surface area (Å²) in [6.07, 6.45) is 2.96. The minimum absolute atomic E-state index is 0.487. The van der Waals surface area contributed by atoms with Gasteiger partial charge in [-0.15, -0.1) is 0 Å². The van der Waals surface area contributed by atoms with Gasteiger partial charge in [0.1, 0.15) is 11.6 Å². The topological polar surface area (TPSA) is 47.0 Å². The van der Waals surface area contributed by atoms with E-state index in [1.54, 1.807) is 6.07 Å². The molecule has 0 aliphatic carbocycles. The van der Waals surface area contributed by atoms with Gasteiger partial charge in [0, 0.05) is 12.6 Å². The molecule has 0 unspecified atom stereocenters. The molecular weight excluding hydrogens is 306 g/mol. The van der Waals surface area contributed by atoms with Gasteiger partial charge in [-0.25, -0.2) is 4.98 Å². The summed E-state index contributed by atoms with van der Waals surface area (Å²) in [5.74, 6) is 1.85. The van der Waals surface area contributed by atoms with Gasteiger partial charge in [0.15, 0.2) is 5.16 Å². The van der Waals surface area contributed by atoms with Gasteiger partial charge in [-0.2, -0.15) is 4.98 Å². The monoisotopic (exact) mass is 323 g/mol. The third kappa shape index (κ3) is 4.51. The average Bonchev–Trinajstić information content (AvgIpc) is 2.48. The first-order valence-corrected chi connectivity index (χ1v) is 8.33. The molecule has 21 heavy (non-hydrogen) atoms. The van der Waals surface area contributed by atoms with Crippen LogP contribution >= 0.6 is 23.4 Å². The second kappa shape index (κ2) is 7.52. The lowest BCUT2D eigenvalue weighted by molar-refractivity contribution is 0.456. The number of rotatable bonds is 6. The van der Waals surface area contributed by atoms with Gasteiger partial charge in [-0.05, 0) is 37.3 Å². The van der Waals surface area contributed by atoms with Crippen LogP contribution in [-0.2, 0) is 0 Å². The quantitative estimate of drug-likeness (QED) is 0.612. The number of nitrogens with one attached hydrogen (secondary N) is 1. The summed E-state index contributed by atoms with van der Waals surface area (Å²) in [7, 11) is 0. The van der Waals surface area contributed by atoms with E-state index in [2.05, 4.69) is 22.2 Å². The molecule has 0 aliphatic heterocycles. The van der Waals surface area contributed by atoms with E-state index in [-0.39, 0.29) is 0 Å². The van der Waals surface area contributed by atoms with Crippen molar-refractivity contribution in [3.63, 3.8) is 0 Å². The second-order valence-electron chi connectivity index (χ2n) is 4.54. The first-order valence-electron chi connectivity index (χ1n) is 6.73. The third-order valence-corrected chi connectivity index (χ3v) is 3.58. The Morgan fingerprint density at radius 2 is 2.10 bits per heavy atom. The van der Waals surface area contributed by atoms with Crippen molar-refractivity contribution in [2.75, 3.05) is 18.1 Å². The normalized spacial score (nSPS) is 10.5. The van der Waals surface area contributed by atoms with Gasteiger partial charge in [0.25, 0.3) is 0 Å². The fraction of sp³-hybridized carbons (Fsp3) is 0.333. The Morgan fingerprint density at radius 1 is 1.29 bits per heavy atom. The second-order valence-corrected chi connectivity index (χ2v) is 5.72. The van der Waals surface area contributed by atoms with Crippen molar-refractivity contribution in [3.8, 4) is 11.6 Å². The van der Waals surface area contributed by atoms with Crippen molar-refractivity contribution in [2.45, 2.75) is 25.4 Å². The molecule has 0 amide bonds. The Kier molecular flexibility index (Phi) is 5.70. The Bertz CT molecular complexity index is 622. The van der Waals surface area contributed by atoms with Crippen molar-refractivity contribution in [3.05, 3.63) is 34.9 Å². The van der Waals surface area contributed by atoms with E-state index >= 15 is 0 Å². The van der Waals surface area contributed by atoms with E-state index in [4.69, 9.17) is 16.3 Å². The van der Waals surface area contributed by atoms with Crippen LogP contribution in [-0.4, -0.2) is 22.8 Å². The molecule has 6 heteroatoms. The maximum atomic E-state index is 6.15. The van der Waals surface area contributed by atoms with Crippen LogP contribution in [0.2, 0.25) is 5.02 Å². The fourth-order valence-electron chi connectivity index (χ4n) is 1.69. The van der Waals surface area contributed by atoms with Crippen LogP contribution in [0.1, 0.15) is 18.9 Å². The average molecular weight is 324 g/mol. The molecule has 1 aromatic carbocycles. The molecular formula is C15H18ClN3OS. The lowest BCUT2D eigenvalue weighted by Crippen LogP contribution is -2.04. The Balaban J connectivity index is 2.27. The van der Waals surface area contributed by atoms with Crippen LogP contribution < -0.4 is 10.1 Å². The summed E-state index contributed by atoms with van der Waals surface area (Å²) in [5, 5.41) is 4.47. The Hall–Kier alpha value is -1.46. The zero-order chi connectivity index (χ0) is 15.2. The smallest absolute Gasteiger partial charge is 0.225 e. The predicted octanol–water partition coefficient (Wildman–Crippen LogP) is 4.77. The largest absolute Gasteiger partial charge is 0.437 e. The SMILES string of the molecule is CCCNc1cc(Oc2cc(C)ccc2Cl)nc(SC)n1. The number of ether oxygens (including phenoxy) is 1. The fourth-order valence-corrected chi connectivity index (χ4v) is 2.22. The van der Waals surface area contributed by atoms with Gasteiger partial charge in [0.2, 0.25) is 5.88 Å². The van der Waals surface area contributed by atoms with E-state index in [1.165, 1.54) is 11.8 Å². The highest BCUT2D eigenvalue weighted by molar-refractivity contribution is 7.98. The van der Waals surface area contributed by atoms with E-state index in [0.29, 0.717) is 21.8 Å². The number of aryl methyl sites for hydroxylation is 1. The summed E-state index contributed by atoms with van der Waals surface area (Å²) in [6.45, 7) is 4.95. The van der Waals surface area contributed by atoms with Crippen LogP contribution in [0.5, 0.6) is 11.6 Å². The summed E-state index contributed by atoms with van der Waals surface area (Å²) in [6, 6.07) is 7.44. The zero-order valence-electron chi connectivity index (χ0n) is 12.3. The lowest BCUT2D eigenvalue weighted by Gasteiger charge is -2.10. The molecule has 4 nitrogen and oxygen atoms in total. The first-order chi connectivity index (χ1) is 10.1. The summed E-state index contributed by atoms with van der Waals surface area (Å²) in [4.78, 5) is 8.76. The van der Waals surface area contributed by atoms with Crippen molar-refractivity contribution in [1.29, 1.82) is 0 Å². The molecule has 112 valence electrons. The highest BCUT2D eigenvalue weighted by atomic mass is 35.5. The van der Waals surface area contributed by atoms with Gasteiger partial charge in [0.05, 0.1) is 5.02 Å². The third-order valence-electron chi connectivity index (χ3n) is 2.72. The summed E-state index contributed by atoms with van der Waals surface area (Å²) in [5.41, 5.74) is 1.08. The molecule has 1 N–H and O–H groups in total. The molecule has 1 aromatic heterocycles. The number of hydrogen-bond acceptors (Lipinski definition) is 5. The van der Waals surface area contributed by atoms with E-state index < -0.39 is 0 Å². The minimum atomic E-state index is 0.487. The molecule has 2 rings (SSSR count).